The minimum Gasteiger partial charge on any atom is -0.462 e. The van der Waals surface area contributed by atoms with E-state index in [0.717, 1.165) is 148 Å². The van der Waals surface area contributed by atoms with Crippen LogP contribution in [0.1, 0.15) is 303 Å². The lowest BCUT2D eigenvalue weighted by Gasteiger charge is -2.18. The van der Waals surface area contributed by atoms with E-state index >= 15 is 0 Å². The fourth-order valence-corrected chi connectivity index (χ4v) is 9.23. The van der Waals surface area contributed by atoms with Gasteiger partial charge < -0.3 is 14.2 Å². The van der Waals surface area contributed by atoms with Gasteiger partial charge in [-0.05, 0) is 141 Å². The molecule has 0 bridgehead atoms. The summed E-state index contributed by atoms with van der Waals surface area (Å²) >= 11 is 0. The molecule has 470 valence electrons. The van der Waals surface area contributed by atoms with Crippen molar-refractivity contribution < 1.29 is 28.6 Å². The minimum atomic E-state index is -0.799. The lowest BCUT2D eigenvalue weighted by Crippen LogP contribution is -2.30. The number of hydrogen-bond donors (Lipinski definition) is 0. The Bertz CT molecular complexity index is 1800. The Morgan fingerprint density at radius 1 is 0.253 bits per heavy atom. The highest BCUT2D eigenvalue weighted by molar-refractivity contribution is 5.71. The van der Waals surface area contributed by atoms with Crippen molar-refractivity contribution >= 4 is 17.9 Å². The molecule has 0 aliphatic heterocycles. The number of unbranched alkanes of at least 4 members (excludes halogenated alkanes) is 26. The van der Waals surface area contributed by atoms with Crippen LogP contribution in [-0.4, -0.2) is 37.2 Å². The fourth-order valence-electron chi connectivity index (χ4n) is 9.23. The molecular weight excluding hydrogens is 1020 g/mol. The molecule has 0 spiro atoms. The Balaban J connectivity index is 4.39. The monoisotopic (exact) mass is 1150 g/mol. The highest BCUT2D eigenvalue weighted by atomic mass is 16.6. The second-order valence-corrected chi connectivity index (χ2v) is 22.3. The van der Waals surface area contributed by atoms with E-state index in [0.29, 0.717) is 19.3 Å². The number of hydrogen-bond acceptors (Lipinski definition) is 6. The zero-order valence-electron chi connectivity index (χ0n) is 53.9. The third-order valence-electron chi connectivity index (χ3n) is 14.3. The molecular formula is C77H126O6. The second-order valence-electron chi connectivity index (χ2n) is 22.3. The van der Waals surface area contributed by atoms with Gasteiger partial charge in [0.1, 0.15) is 13.2 Å². The Morgan fingerprint density at radius 3 is 0.735 bits per heavy atom. The van der Waals surface area contributed by atoms with Gasteiger partial charge in [0.2, 0.25) is 0 Å². The Morgan fingerprint density at radius 2 is 0.470 bits per heavy atom. The average Bonchev–Trinajstić information content (AvgIpc) is 3.49. The first kappa shape index (κ1) is 78.3. The zero-order valence-corrected chi connectivity index (χ0v) is 53.9. The van der Waals surface area contributed by atoms with Crippen LogP contribution in [0.5, 0.6) is 0 Å². The number of allylic oxidation sites excluding steroid dienone is 24. The summed E-state index contributed by atoms with van der Waals surface area (Å²) in [6, 6.07) is 0. The molecule has 0 heterocycles. The lowest BCUT2D eigenvalue weighted by molar-refractivity contribution is -0.167. The summed E-state index contributed by atoms with van der Waals surface area (Å²) < 4.78 is 17.0. The summed E-state index contributed by atoms with van der Waals surface area (Å²) in [5.74, 6) is -0.914. The predicted octanol–water partition coefficient (Wildman–Crippen LogP) is 23.9. The van der Waals surface area contributed by atoms with Crippen LogP contribution in [0.15, 0.2) is 146 Å². The third kappa shape index (κ3) is 68.0. The molecule has 0 radical (unpaired) electrons. The minimum absolute atomic E-state index is 0.0928. The molecule has 6 heteroatoms. The van der Waals surface area contributed by atoms with Gasteiger partial charge in [0.05, 0.1) is 0 Å². The van der Waals surface area contributed by atoms with Gasteiger partial charge in [0.15, 0.2) is 6.10 Å². The lowest BCUT2D eigenvalue weighted by atomic mass is 10.1. The molecule has 1 unspecified atom stereocenters. The van der Waals surface area contributed by atoms with Gasteiger partial charge in [-0.1, -0.05) is 289 Å². The molecule has 0 saturated heterocycles. The SMILES string of the molecule is CC/C=C\C/C=C\C/C=C\C/C=C\C/C=C\C/C=C\CCCCCCCCCCCCC(=O)OCC(COC(=O)CCCCCCCCC/C=C\C/C=C\CCCCC)OC(=O)CCCCCCCC/C=C\C/C=C\C/C=C\C/C=C\CC. The third-order valence-corrected chi connectivity index (χ3v) is 14.3. The van der Waals surface area contributed by atoms with Crippen molar-refractivity contribution in [3.05, 3.63) is 146 Å². The predicted molar refractivity (Wildman–Crippen MR) is 362 cm³/mol. The maximum atomic E-state index is 12.9. The van der Waals surface area contributed by atoms with E-state index in [-0.39, 0.29) is 31.1 Å². The van der Waals surface area contributed by atoms with E-state index in [4.69, 9.17) is 14.2 Å². The second kappa shape index (κ2) is 69.8. The van der Waals surface area contributed by atoms with Crippen LogP contribution in [0.3, 0.4) is 0 Å². The quantitative estimate of drug-likeness (QED) is 0.0261. The molecule has 0 rings (SSSR count). The van der Waals surface area contributed by atoms with Crippen molar-refractivity contribution in [2.75, 3.05) is 13.2 Å². The van der Waals surface area contributed by atoms with E-state index in [1.807, 2.05) is 0 Å². The van der Waals surface area contributed by atoms with Gasteiger partial charge in [-0.25, -0.2) is 0 Å². The van der Waals surface area contributed by atoms with Gasteiger partial charge in [-0.15, -0.1) is 0 Å². The van der Waals surface area contributed by atoms with E-state index in [2.05, 4.69) is 167 Å². The summed E-state index contributed by atoms with van der Waals surface area (Å²) in [5.41, 5.74) is 0. The molecule has 1 atom stereocenters. The Hall–Kier alpha value is -4.71. The van der Waals surface area contributed by atoms with Gasteiger partial charge in [-0.2, -0.15) is 0 Å². The van der Waals surface area contributed by atoms with Gasteiger partial charge in [0, 0.05) is 19.3 Å². The molecule has 0 fully saturated rings. The Kier molecular flexibility index (Phi) is 65.8. The van der Waals surface area contributed by atoms with Crippen molar-refractivity contribution in [1.29, 1.82) is 0 Å². The largest absolute Gasteiger partial charge is 0.462 e. The van der Waals surface area contributed by atoms with Crippen molar-refractivity contribution in [3.8, 4) is 0 Å². The smallest absolute Gasteiger partial charge is 0.306 e. The highest BCUT2D eigenvalue weighted by Gasteiger charge is 2.19. The molecule has 83 heavy (non-hydrogen) atoms. The molecule has 0 aliphatic rings. The number of carbonyl (C=O) groups excluding carboxylic acids is 3. The Labute approximate surface area is 512 Å². The van der Waals surface area contributed by atoms with Crippen LogP contribution in [0.25, 0.3) is 0 Å². The van der Waals surface area contributed by atoms with Crippen LogP contribution in [0.4, 0.5) is 0 Å². The summed E-state index contributed by atoms with van der Waals surface area (Å²) in [4.78, 5) is 38.5. The van der Waals surface area contributed by atoms with Crippen molar-refractivity contribution in [2.45, 2.75) is 309 Å². The first-order chi connectivity index (χ1) is 41.0. The van der Waals surface area contributed by atoms with Crippen molar-refractivity contribution in [3.63, 3.8) is 0 Å². The summed E-state index contributed by atoms with van der Waals surface area (Å²) in [6.45, 7) is 6.38. The molecule has 0 N–H and O–H groups in total. The molecule has 0 aromatic heterocycles. The standard InChI is InChI=1S/C77H126O6/c1-4-7-10-13-16-19-22-25-28-31-33-34-35-36-37-38-39-40-41-42-44-46-49-52-55-58-61-64-67-70-76(79)82-73-74(72-81-75(78)69-66-63-60-57-54-51-48-45-30-27-24-21-18-15-12-9-6-3)83-77(80)71-68-65-62-59-56-53-50-47-43-32-29-26-23-20-17-14-11-8-5-2/h7-8,10-11,16-21,25-30,33-34,36-37,39-40,43,47,74H,4-6,9,12-15,22-24,31-32,35,38,41-42,44-46,48-73H2,1-3H3/b10-7-,11-8-,19-16-,20-17-,21-18-,28-25-,29-26-,30-27-,34-33-,37-36-,40-39-,47-43-. The molecule has 0 aromatic rings. The number of rotatable bonds is 61. The van der Waals surface area contributed by atoms with Crippen LogP contribution < -0.4 is 0 Å². The number of esters is 3. The summed E-state index contributed by atoms with van der Waals surface area (Å²) in [7, 11) is 0. The molecule has 0 aliphatic carbocycles. The maximum absolute atomic E-state index is 12.9. The van der Waals surface area contributed by atoms with Crippen LogP contribution in [-0.2, 0) is 28.6 Å². The molecule has 0 aromatic carbocycles. The van der Waals surface area contributed by atoms with Crippen LogP contribution in [0.2, 0.25) is 0 Å². The van der Waals surface area contributed by atoms with E-state index < -0.39 is 6.10 Å². The zero-order chi connectivity index (χ0) is 59.9. The molecule has 0 saturated carbocycles. The fraction of sp³-hybridized carbons (Fsp3) is 0.649. The van der Waals surface area contributed by atoms with Crippen molar-refractivity contribution in [1.82, 2.24) is 0 Å². The first-order valence-corrected chi connectivity index (χ1v) is 34.3. The summed E-state index contributed by atoms with van der Waals surface area (Å²) in [6.07, 6.45) is 99.9. The van der Waals surface area contributed by atoms with Crippen LogP contribution in [0, 0.1) is 0 Å². The van der Waals surface area contributed by atoms with Gasteiger partial charge in [0.25, 0.3) is 0 Å². The van der Waals surface area contributed by atoms with E-state index in [1.165, 1.54) is 116 Å². The summed E-state index contributed by atoms with van der Waals surface area (Å²) in [5, 5.41) is 0. The average molecular weight is 1150 g/mol. The highest BCUT2D eigenvalue weighted by Crippen LogP contribution is 2.16. The normalized spacial score (nSPS) is 13.0. The van der Waals surface area contributed by atoms with Gasteiger partial charge >= 0.3 is 17.9 Å². The maximum Gasteiger partial charge on any atom is 0.306 e. The van der Waals surface area contributed by atoms with Crippen molar-refractivity contribution in [2.24, 2.45) is 0 Å². The molecule has 6 nitrogen and oxygen atoms in total. The number of ether oxygens (including phenoxy) is 3. The first-order valence-electron chi connectivity index (χ1n) is 34.3. The molecule has 0 amide bonds. The van der Waals surface area contributed by atoms with E-state index in [9.17, 15) is 14.4 Å². The van der Waals surface area contributed by atoms with E-state index in [1.54, 1.807) is 0 Å². The van der Waals surface area contributed by atoms with Gasteiger partial charge in [-0.3, -0.25) is 14.4 Å². The topological polar surface area (TPSA) is 78.9 Å². The number of carbonyl (C=O) groups is 3. The van der Waals surface area contributed by atoms with Crippen LogP contribution >= 0.6 is 0 Å².